The largest absolute Gasteiger partial charge is 0.497 e. The van der Waals surface area contributed by atoms with Gasteiger partial charge in [-0.25, -0.2) is 8.42 Å². The summed E-state index contributed by atoms with van der Waals surface area (Å²) in [6.07, 6.45) is 3.82. The SMILES string of the molecule is COc1cccc(CC(C)NC(=O)Cc2ccc(S(=O)(=O)N3CCCCC3)cc2)c1. The van der Waals surface area contributed by atoms with E-state index in [0.29, 0.717) is 24.4 Å². The van der Waals surface area contributed by atoms with Crippen LogP contribution in [0.5, 0.6) is 5.75 Å². The van der Waals surface area contributed by atoms with Crippen LogP contribution >= 0.6 is 0 Å². The third kappa shape index (κ3) is 5.83. The first-order valence-corrected chi connectivity index (χ1v) is 11.8. The summed E-state index contributed by atoms with van der Waals surface area (Å²) in [5.74, 6) is 0.711. The van der Waals surface area contributed by atoms with Crippen molar-refractivity contribution in [2.24, 2.45) is 0 Å². The molecule has 1 amide bonds. The zero-order chi connectivity index (χ0) is 21.6. The van der Waals surface area contributed by atoms with Crippen LogP contribution in [0, 0.1) is 0 Å². The highest BCUT2D eigenvalue weighted by atomic mass is 32.2. The normalized spacial score (nSPS) is 16.1. The number of carbonyl (C=O) groups is 1. The Hall–Kier alpha value is -2.38. The van der Waals surface area contributed by atoms with Gasteiger partial charge in [0.05, 0.1) is 18.4 Å². The lowest BCUT2D eigenvalue weighted by Crippen LogP contribution is -2.35. The molecule has 0 radical (unpaired) electrons. The van der Waals surface area contributed by atoms with E-state index in [4.69, 9.17) is 4.74 Å². The smallest absolute Gasteiger partial charge is 0.243 e. The third-order valence-corrected chi connectivity index (χ3v) is 7.24. The van der Waals surface area contributed by atoms with Gasteiger partial charge >= 0.3 is 0 Å². The summed E-state index contributed by atoms with van der Waals surface area (Å²) in [7, 11) is -1.81. The van der Waals surface area contributed by atoms with E-state index in [0.717, 1.165) is 36.1 Å². The monoisotopic (exact) mass is 430 g/mol. The Labute approximate surface area is 179 Å². The second kappa shape index (κ2) is 10.1. The average molecular weight is 431 g/mol. The van der Waals surface area contributed by atoms with E-state index in [1.165, 1.54) is 0 Å². The highest BCUT2D eigenvalue weighted by molar-refractivity contribution is 7.89. The molecule has 1 aliphatic rings. The van der Waals surface area contributed by atoms with Crippen LogP contribution < -0.4 is 10.1 Å². The van der Waals surface area contributed by atoms with Crippen LogP contribution in [0.4, 0.5) is 0 Å². The molecule has 2 aromatic carbocycles. The summed E-state index contributed by atoms with van der Waals surface area (Å²) in [4.78, 5) is 12.7. The van der Waals surface area contributed by atoms with Crippen LogP contribution in [-0.2, 0) is 27.7 Å². The quantitative estimate of drug-likeness (QED) is 0.698. The molecule has 0 aliphatic carbocycles. The van der Waals surface area contributed by atoms with Crippen molar-refractivity contribution in [2.45, 2.75) is 50.0 Å². The fourth-order valence-electron chi connectivity index (χ4n) is 3.75. The number of ether oxygens (including phenoxy) is 1. The van der Waals surface area contributed by atoms with E-state index < -0.39 is 10.0 Å². The number of sulfonamides is 1. The molecule has 1 N–H and O–H groups in total. The van der Waals surface area contributed by atoms with Crippen molar-refractivity contribution in [1.82, 2.24) is 9.62 Å². The number of nitrogens with one attached hydrogen (secondary N) is 1. The summed E-state index contributed by atoms with van der Waals surface area (Å²) < 4.78 is 32.2. The Balaban J connectivity index is 1.55. The molecule has 1 unspecified atom stereocenters. The lowest BCUT2D eigenvalue weighted by atomic mass is 10.1. The van der Waals surface area contributed by atoms with Crippen LogP contribution in [0.3, 0.4) is 0 Å². The highest BCUT2D eigenvalue weighted by Crippen LogP contribution is 2.21. The number of nitrogens with zero attached hydrogens (tertiary/aromatic N) is 1. The topological polar surface area (TPSA) is 75.7 Å². The lowest BCUT2D eigenvalue weighted by molar-refractivity contribution is -0.121. The maximum Gasteiger partial charge on any atom is 0.243 e. The number of piperidine rings is 1. The first kappa shape index (κ1) is 22.3. The summed E-state index contributed by atoms with van der Waals surface area (Å²) in [5, 5.41) is 3.00. The first-order valence-electron chi connectivity index (χ1n) is 10.4. The van der Waals surface area contributed by atoms with Gasteiger partial charge in [-0.3, -0.25) is 4.79 Å². The third-order valence-electron chi connectivity index (χ3n) is 5.32. The van der Waals surface area contributed by atoms with E-state index in [9.17, 15) is 13.2 Å². The Morgan fingerprint density at radius 3 is 2.43 bits per heavy atom. The Morgan fingerprint density at radius 1 is 1.07 bits per heavy atom. The minimum Gasteiger partial charge on any atom is -0.497 e. The van der Waals surface area contributed by atoms with E-state index in [1.54, 1.807) is 35.7 Å². The second-order valence-corrected chi connectivity index (χ2v) is 9.75. The minimum absolute atomic E-state index is 0.0247. The molecular formula is C23H30N2O4S. The van der Waals surface area contributed by atoms with Gasteiger partial charge in [0.25, 0.3) is 0 Å². The fraction of sp³-hybridized carbons (Fsp3) is 0.435. The second-order valence-electron chi connectivity index (χ2n) is 7.81. The van der Waals surface area contributed by atoms with Gasteiger partial charge in [0.1, 0.15) is 5.75 Å². The van der Waals surface area contributed by atoms with Crippen molar-refractivity contribution in [2.75, 3.05) is 20.2 Å². The summed E-state index contributed by atoms with van der Waals surface area (Å²) in [6, 6.07) is 14.4. The Morgan fingerprint density at radius 2 is 1.77 bits per heavy atom. The summed E-state index contributed by atoms with van der Waals surface area (Å²) >= 11 is 0. The molecule has 0 spiro atoms. The summed E-state index contributed by atoms with van der Waals surface area (Å²) in [6.45, 7) is 3.13. The Kier molecular flexibility index (Phi) is 7.50. The molecule has 7 heteroatoms. The number of carbonyl (C=O) groups excluding carboxylic acids is 1. The van der Waals surface area contributed by atoms with Crippen LogP contribution in [0.25, 0.3) is 0 Å². The van der Waals surface area contributed by atoms with Crippen molar-refractivity contribution in [3.63, 3.8) is 0 Å². The van der Waals surface area contributed by atoms with Gasteiger partial charge in [0.15, 0.2) is 0 Å². The van der Waals surface area contributed by atoms with E-state index in [-0.39, 0.29) is 18.4 Å². The number of hydrogen-bond acceptors (Lipinski definition) is 4. The number of rotatable bonds is 8. The molecule has 0 aromatic heterocycles. The van der Waals surface area contributed by atoms with Gasteiger partial charge in [-0.05, 0) is 61.6 Å². The van der Waals surface area contributed by atoms with Crippen LogP contribution in [0.2, 0.25) is 0 Å². The fourth-order valence-corrected chi connectivity index (χ4v) is 5.27. The molecule has 0 bridgehead atoms. The van der Waals surface area contributed by atoms with E-state index in [2.05, 4.69) is 5.32 Å². The molecule has 30 heavy (non-hydrogen) atoms. The van der Waals surface area contributed by atoms with Crippen molar-refractivity contribution in [1.29, 1.82) is 0 Å². The molecular weight excluding hydrogens is 400 g/mol. The molecule has 3 rings (SSSR count). The molecule has 2 aromatic rings. The Bertz CT molecular complexity index is 951. The van der Waals surface area contributed by atoms with Gasteiger partial charge < -0.3 is 10.1 Å². The molecule has 1 aliphatic heterocycles. The molecule has 1 atom stereocenters. The van der Waals surface area contributed by atoms with Gasteiger partial charge in [-0.1, -0.05) is 30.7 Å². The summed E-state index contributed by atoms with van der Waals surface area (Å²) in [5.41, 5.74) is 1.88. The van der Waals surface area contributed by atoms with Crippen LogP contribution in [0.1, 0.15) is 37.3 Å². The van der Waals surface area contributed by atoms with Gasteiger partial charge in [0.2, 0.25) is 15.9 Å². The molecule has 1 fully saturated rings. The van der Waals surface area contributed by atoms with Crippen molar-refractivity contribution in [3.05, 3.63) is 59.7 Å². The molecule has 162 valence electrons. The number of amides is 1. The average Bonchev–Trinajstić information content (AvgIpc) is 2.74. The zero-order valence-electron chi connectivity index (χ0n) is 17.6. The molecule has 6 nitrogen and oxygen atoms in total. The molecule has 0 saturated carbocycles. The predicted octanol–water partition coefficient (Wildman–Crippen LogP) is 3.16. The number of benzene rings is 2. The van der Waals surface area contributed by atoms with Crippen LogP contribution in [-0.4, -0.2) is 44.9 Å². The van der Waals surface area contributed by atoms with E-state index >= 15 is 0 Å². The maximum absolute atomic E-state index is 12.7. The zero-order valence-corrected chi connectivity index (χ0v) is 18.5. The van der Waals surface area contributed by atoms with Crippen LogP contribution in [0.15, 0.2) is 53.4 Å². The predicted molar refractivity (Wildman–Crippen MR) is 117 cm³/mol. The standard InChI is InChI=1S/C23H30N2O4S/c1-18(15-20-7-6-8-21(16-20)29-2)24-23(26)17-19-9-11-22(12-10-19)30(27,28)25-13-4-3-5-14-25/h6-12,16,18H,3-5,13-15,17H2,1-2H3,(H,24,26). The van der Waals surface area contributed by atoms with Crippen molar-refractivity contribution < 1.29 is 17.9 Å². The maximum atomic E-state index is 12.7. The molecule has 1 heterocycles. The van der Waals surface area contributed by atoms with Gasteiger partial charge in [-0.2, -0.15) is 4.31 Å². The number of methoxy groups -OCH3 is 1. The lowest BCUT2D eigenvalue weighted by Gasteiger charge is -2.25. The van der Waals surface area contributed by atoms with E-state index in [1.807, 2.05) is 31.2 Å². The minimum atomic E-state index is -3.44. The molecule has 1 saturated heterocycles. The van der Waals surface area contributed by atoms with Crippen molar-refractivity contribution >= 4 is 15.9 Å². The van der Waals surface area contributed by atoms with Gasteiger partial charge in [-0.15, -0.1) is 0 Å². The number of hydrogen-bond donors (Lipinski definition) is 1. The first-order chi connectivity index (χ1) is 14.4. The highest BCUT2D eigenvalue weighted by Gasteiger charge is 2.25. The van der Waals surface area contributed by atoms with Crippen molar-refractivity contribution in [3.8, 4) is 5.75 Å². The van der Waals surface area contributed by atoms with Gasteiger partial charge in [0, 0.05) is 19.1 Å².